The number of nitrogens with zero attached hydrogens (tertiary/aromatic N) is 4. The van der Waals surface area contributed by atoms with Crippen LogP contribution < -0.4 is 10.6 Å². The van der Waals surface area contributed by atoms with Crippen LogP contribution >= 0.6 is 0 Å². The summed E-state index contributed by atoms with van der Waals surface area (Å²) in [6.45, 7) is 2.04. The number of halogens is 1. The number of fused-ring (bicyclic) bond motifs is 1. The Morgan fingerprint density at radius 1 is 1.09 bits per heavy atom. The molecule has 0 bridgehead atoms. The molecule has 2 N–H and O–H groups in total. The molecule has 1 atom stereocenters. The van der Waals surface area contributed by atoms with Crippen LogP contribution in [0.3, 0.4) is 0 Å². The van der Waals surface area contributed by atoms with Gasteiger partial charge < -0.3 is 20.3 Å². The normalized spacial score (nSPS) is 18.3. The number of amides is 3. The first-order valence-corrected chi connectivity index (χ1v) is 10.7. The fraction of sp³-hybridized carbons (Fsp3) is 0.364. The fourth-order valence-electron chi connectivity index (χ4n) is 4.01. The van der Waals surface area contributed by atoms with Crippen LogP contribution in [-0.2, 0) is 9.53 Å². The van der Waals surface area contributed by atoms with Gasteiger partial charge in [0.25, 0.3) is 5.91 Å². The van der Waals surface area contributed by atoms with Crippen molar-refractivity contribution in [3.8, 4) is 11.3 Å². The molecule has 2 aliphatic heterocycles. The van der Waals surface area contributed by atoms with Crippen molar-refractivity contribution < 1.29 is 18.7 Å². The first kappa shape index (κ1) is 20.4. The summed E-state index contributed by atoms with van der Waals surface area (Å²) in [5, 5.41) is 5.62. The molecular weight excluding hydrogens is 415 g/mol. The average molecular weight is 438 g/mol. The molecule has 0 aliphatic carbocycles. The van der Waals surface area contributed by atoms with Crippen LogP contribution in [0.5, 0.6) is 0 Å². The molecule has 166 valence electrons. The highest BCUT2D eigenvalue weighted by atomic mass is 19.1. The van der Waals surface area contributed by atoms with Crippen molar-refractivity contribution in [3.63, 3.8) is 0 Å². The summed E-state index contributed by atoms with van der Waals surface area (Å²) in [5.41, 5.74) is 1.61. The Hall–Kier alpha value is -3.53. The lowest BCUT2D eigenvalue weighted by molar-refractivity contribution is -0.124. The highest BCUT2D eigenvalue weighted by Crippen LogP contribution is 2.26. The molecule has 3 aromatic rings. The molecule has 32 heavy (non-hydrogen) atoms. The second kappa shape index (κ2) is 8.54. The lowest BCUT2D eigenvalue weighted by Gasteiger charge is -2.16. The first-order valence-electron chi connectivity index (χ1n) is 10.7. The molecule has 1 aromatic carbocycles. The van der Waals surface area contributed by atoms with Crippen molar-refractivity contribution in [1.82, 2.24) is 19.3 Å². The molecule has 2 aliphatic rings. The lowest BCUT2D eigenvalue weighted by atomic mass is 10.1. The quantitative estimate of drug-likeness (QED) is 0.651. The summed E-state index contributed by atoms with van der Waals surface area (Å²) >= 11 is 0. The second-order valence-electron chi connectivity index (χ2n) is 7.99. The van der Waals surface area contributed by atoms with Gasteiger partial charge in [0.2, 0.25) is 5.78 Å². The molecule has 9 nitrogen and oxygen atoms in total. The average Bonchev–Trinajstić information content (AvgIpc) is 3.55. The topological polar surface area (TPSA) is 101 Å². The molecule has 2 aromatic heterocycles. The van der Waals surface area contributed by atoms with Crippen LogP contribution in [0.1, 0.15) is 25.7 Å². The number of urea groups is 1. The van der Waals surface area contributed by atoms with E-state index >= 15 is 0 Å². The van der Waals surface area contributed by atoms with Gasteiger partial charge in [-0.3, -0.25) is 9.20 Å². The largest absolute Gasteiger partial charge is 0.368 e. The van der Waals surface area contributed by atoms with Crippen molar-refractivity contribution >= 4 is 29.1 Å². The molecule has 2 saturated heterocycles. The van der Waals surface area contributed by atoms with Crippen molar-refractivity contribution in [2.45, 2.75) is 31.8 Å². The van der Waals surface area contributed by atoms with Gasteiger partial charge in [-0.15, -0.1) is 0 Å². The van der Waals surface area contributed by atoms with E-state index < -0.39 is 11.9 Å². The van der Waals surface area contributed by atoms with E-state index in [2.05, 4.69) is 20.6 Å². The van der Waals surface area contributed by atoms with Gasteiger partial charge in [0, 0.05) is 43.3 Å². The fourth-order valence-corrected chi connectivity index (χ4v) is 4.01. The summed E-state index contributed by atoms with van der Waals surface area (Å²) in [6, 6.07) is 4.20. The van der Waals surface area contributed by atoms with Gasteiger partial charge in [-0.2, -0.15) is 0 Å². The third kappa shape index (κ3) is 4.13. The number of nitrogens with one attached hydrogen (secondary N) is 2. The van der Waals surface area contributed by atoms with E-state index in [4.69, 9.17) is 4.74 Å². The number of carbonyl (C=O) groups excluding carboxylic acids is 2. The van der Waals surface area contributed by atoms with E-state index in [-0.39, 0.29) is 17.5 Å². The van der Waals surface area contributed by atoms with Gasteiger partial charge in [-0.05, 0) is 43.9 Å². The summed E-state index contributed by atoms with van der Waals surface area (Å²) in [4.78, 5) is 35.0. The third-order valence-corrected chi connectivity index (χ3v) is 5.69. The van der Waals surface area contributed by atoms with E-state index in [1.807, 2.05) is 0 Å². The number of hydrogen-bond acceptors (Lipinski definition) is 5. The number of benzene rings is 1. The standard InChI is InChI=1S/C22H23FN6O3/c23-17-6-5-14(26-22(31)28-7-1-2-8-28)10-16(17)18-13-29-12-15(11-24-21(29)27-18)25-20(30)19-4-3-9-32-19/h5-6,10-13,19H,1-4,7-9H2,(H,25,30)(H,26,31)/t19-/m1/s1. The van der Waals surface area contributed by atoms with Crippen LogP contribution in [0.2, 0.25) is 0 Å². The molecule has 0 spiro atoms. The maximum absolute atomic E-state index is 14.6. The van der Waals surface area contributed by atoms with Crippen LogP contribution in [0.4, 0.5) is 20.6 Å². The number of imidazole rings is 1. The number of rotatable bonds is 4. The molecule has 2 fully saturated rings. The minimum atomic E-state index is -0.459. The zero-order valence-corrected chi connectivity index (χ0v) is 17.4. The maximum Gasteiger partial charge on any atom is 0.321 e. The Balaban J connectivity index is 1.36. The monoisotopic (exact) mass is 438 g/mol. The van der Waals surface area contributed by atoms with Crippen molar-refractivity contribution in [3.05, 3.63) is 42.6 Å². The van der Waals surface area contributed by atoms with Gasteiger partial charge >= 0.3 is 6.03 Å². The number of carbonyl (C=O) groups is 2. The maximum atomic E-state index is 14.6. The summed E-state index contributed by atoms with van der Waals surface area (Å²) in [6.07, 6.45) is 7.90. The Kier molecular flexibility index (Phi) is 5.44. The Morgan fingerprint density at radius 2 is 1.94 bits per heavy atom. The molecule has 10 heteroatoms. The molecule has 3 amide bonds. The van der Waals surface area contributed by atoms with E-state index in [0.717, 1.165) is 32.4 Å². The van der Waals surface area contributed by atoms with Crippen molar-refractivity contribution in [2.75, 3.05) is 30.3 Å². The minimum absolute atomic E-state index is 0.191. The van der Waals surface area contributed by atoms with Crippen LogP contribution in [-0.4, -0.2) is 57.0 Å². The number of ether oxygens (including phenoxy) is 1. The van der Waals surface area contributed by atoms with E-state index in [1.165, 1.54) is 18.3 Å². The van der Waals surface area contributed by atoms with E-state index in [1.54, 1.807) is 27.8 Å². The molecule has 5 rings (SSSR count). The number of anilines is 2. The smallest absolute Gasteiger partial charge is 0.321 e. The highest BCUT2D eigenvalue weighted by Gasteiger charge is 2.24. The molecule has 4 heterocycles. The zero-order valence-electron chi connectivity index (χ0n) is 17.4. The van der Waals surface area contributed by atoms with Gasteiger partial charge in [-0.25, -0.2) is 19.2 Å². The highest BCUT2D eigenvalue weighted by molar-refractivity contribution is 5.94. The second-order valence-corrected chi connectivity index (χ2v) is 7.99. The first-order chi connectivity index (χ1) is 15.6. The van der Waals surface area contributed by atoms with E-state index in [9.17, 15) is 14.0 Å². The number of aromatic nitrogens is 3. The summed E-state index contributed by atoms with van der Waals surface area (Å²) < 4.78 is 21.6. The summed E-state index contributed by atoms with van der Waals surface area (Å²) in [5.74, 6) is -0.308. The number of hydrogen-bond donors (Lipinski definition) is 2. The lowest BCUT2D eigenvalue weighted by Crippen LogP contribution is -2.32. The third-order valence-electron chi connectivity index (χ3n) is 5.69. The van der Waals surface area contributed by atoms with Gasteiger partial charge in [0.1, 0.15) is 11.9 Å². The van der Waals surface area contributed by atoms with Crippen molar-refractivity contribution in [1.29, 1.82) is 0 Å². The molecule has 0 unspecified atom stereocenters. The van der Waals surface area contributed by atoms with Crippen LogP contribution in [0, 0.1) is 5.82 Å². The number of likely N-dealkylation sites (tertiary alicyclic amines) is 1. The van der Waals surface area contributed by atoms with Crippen LogP contribution in [0.15, 0.2) is 36.8 Å². The summed E-state index contributed by atoms with van der Waals surface area (Å²) in [7, 11) is 0. The SMILES string of the molecule is O=C(Nc1cnc2nc(-c3cc(NC(=O)N4CCCC4)ccc3F)cn2c1)[C@H]1CCCO1. The minimum Gasteiger partial charge on any atom is -0.368 e. The van der Waals surface area contributed by atoms with E-state index in [0.29, 0.717) is 35.9 Å². The van der Waals surface area contributed by atoms with Gasteiger partial charge in [0.05, 0.1) is 17.6 Å². The molecular formula is C22H23FN6O3. The molecule has 0 radical (unpaired) electrons. The van der Waals surface area contributed by atoms with Gasteiger partial charge in [0.15, 0.2) is 0 Å². The predicted octanol–water partition coefficient (Wildman–Crippen LogP) is 3.28. The Bertz CT molecular complexity index is 1170. The van der Waals surface area contributed by atoms with Gasteiger partial charge in [-0.1, -0.05) is 0 Å². The Labute approximate surface area is 183 Å². The zero-order chi connectivity index (χ0) is 22.1. The predicted molar refractivity (Wildman–Crippen MR) is 116 cm³/mol. The van der Waals surface area contributed by atoms with Crippen LogP contribution in [0.25, 0.3) is 17.0 Å². The van der Waals surface area contributed by atoms with Crippen molar-refractivity contribution in [2.24, 2.45) is 0 Å². The Morgan fingerprint density at radius 3 is 2.72 bits per heavy atom. The molecule has 0 saturated carbocycles.